The van der Waals surface area contributed by atoms with Gasteiger partial charge in [-0.05, 0) is 16.3 Å². The zero-order valence-corrected chi connectivity index (χ0v) is 15.8. The SMILES string of the molecule is CN(C)S(=O)(=O)C[C@@H]1COC[C@H]1NC(=O)Cc1ccc2ccccc2c1. The van der Waals surface area contributed by atoms with Gasteiger partial charge < -0.3 is 10.1 Å². The number of nitrogens with zero attached hydrogens (tertiary/aromatic N) is 1. The van der Waals surface area contributed by atoms with Gasteiger partial charge in [-0.3, -0.25) is 4.79 Å². The Morgan fingerprint density at radius 3 is 2.62 bits per heavy atom. The molecule has 1 N–H and O–H groups in total. The maximum absolute atomic E-state index is 12.4. The van der Waals surface area contributed by atoms with Crippen LogP contribution >= 0.6 is 0 Å². The summed E-state index contributed by atoms with van der Waals surface area (Å²) in [5.41, 5.74) is 0.928. The smallest absolute Gasteiger partial charge is 0.224 e. The lowest BCUT2D eigenvalue weighted by molar-refractivity contribution is -0.121. The minimum atomic E-state index is -3.33. The summed E-state index contributed by atoms with van der Waals surface area (Å²) in [5, 5.41) is 5.17. The molecule has 140 valence electrons. The molecule has 26 heavy (non-hydrogen) atoms. The van der Waals surface area contributed by atoms with Crippen molar-refractivity contribution in [3.63, 3.8) is 0 Å². The van der Waals surface area contributed by atoms with Crippen LogP contribution in [0.2, 0.25) is 0 Å². The van der Waals surface area contributed by atoms with E-state index >= 15 is 0 Å². The number of nitrogens with one attached hydrogen (secondary N) is 1. The van der Waals surface area contributed by atoms with Crippen LogP contribution in [-0.4, -0.2) is 57.7 Å². The molecule has 0 bridgehead atoms. The van der Waals surface area contributed by atoms with E-state index in [0.717, 1.165) is 16.3 Å². The lowest BCUT2D eigenvalue weighted by atomic mass is 10.0. The maximum Gasteiger partial charge on any atom is 0.224 e. The molecule has 6 nitrogen and oxygen atoms in total. The fourth-order valence-corrected chi connectivity index (χ4v) is 4.30. The molecule has 0 radical (unpaired) electrons. The Kier molecular flexibility index (Phi) is 5.60. The van der Waals surface area contributed by atoms with Crippen LogP contribution in [-0.2, 0) is 26.0 Å². The van der Waals surface area contributed by atoms with E-state index in [4.69, 9.17) is 4.74 Å². The normalized spacial score (nSPS) is 20.6. The summed E-state index contributed by atoms with van der Waals surface area (Å²) in [6, 6.07) is 13.7. The first-order valence-corrected chi connectivity index (χ1v) is 10.2. The van der Waals surface area contributed by atoms with Gasteiger partial charge in [0, 0.05) is 20.0 Å². The number of rotatable bonds is 6. The van der Waals surface area contributed by atoms with Gasteiger partial charge in [0.05, 0.1) is 31.4 Å². The van der Waals surface area contributed by atoms with Crippen LogP contribution in [0.4, 0.5) is 0 Å². The van der Waals surface area contributed by atoms with E-state index in [1.54, 1.807) is 0 Å². The van der Waals surface area contributed by atoms with Crippen LogP contribution in [0.5, 0.6) is 0 Å². The highest BCUT2D eigenvalue weighted by atomic mass is 32.2. The number of fused-ring (bicyclic) bond motifs is 1. The van der Waals surface area contributed by atoms with Crippen molar-refractivity contribution in [1.29, 1.82) is 0 Å². The number of amides is 1. The molecule has 2 atom stereocenters. The number of hydrogen-bond donors (Lipinski definition) is 1. The number of carbonyl (C=O) groups excluding carboxylic acids is 1. The lowest BCUT2D eigenvalue weighted by Crippen LogP contribution is -2.44. The van der Waals surface area contributed by atoms with Gasteiger partial charge in [-0.1, -0.05) is 42.5 Å². The topological polar surface area (TPSA) is 75.7 Å². The second kappa shape index (κ2) is 7.73. The van der Waals surface area contributed by atoms with Gasteiger partial charge in [0.1, 0.15) is 0 Å². The van der Waals surface area contributed by atoms with E-state index in [1.807, 2.05) is 42.5 Å². The second-order valence-corrected chi connectivity index (χ2v) is 9.12. The number of hydrogen-bond acceptors (Lipinski definition) is 4. The molecule has 0 spiro atoms. The van der Waals surface area contributed by atoms with Gasteiger partial charge in [0.25, 0.3) is 0 Å². The average molecular weight is 376 g/mol. The number of carbonyl (C=O) groups is 1. The zero-order valence-electron chi connectivity index (χ0n) is 15.0. The molecule has 1 aliphatic rings. The highest BCUT2D eigenvalue weighted by Gasteiger charge is 2.34. The third kappa shape index (κ3) is 4.41. The standard InChI is InChI=1S/C19H24N2O4S/c1-21(2)26(23,24)13-17-11-25-12-18(17)20-19(22)10-14-7-8-15-5-3-4-6-16(15)9-14/h3-9,17-18H,10-13H2,1-2H3,(H,20,22)/t17-,18+/m0/s1. The molecule has 3 rings (SSSR count). The molecule has 0 unspecified atom stereocenters. The Hall–Kier alpha value is -1.96. The predicted molar refractivity (Wildman–Crippen MR) is 101 cm³/mol. The van der Waals surface area contributed by atoms with E-state index in [1.165, 1.54) is 18.4 Å². The molecule has 1 saturated heterocycles. The van der Waals surface area contributed by atoms with Crippen molar-refractivity contribution >= 4 is 26.7 Å². The van der Waals surface area contributed by atoms with Gasteiger partial charge in [-0.2, -0.15) is 0 Å². The van der Waals surface area contributed by atoms with Crippen molar-refractivity contribution < 1.29 is 17.9 Å². The summed E-state index contributed by atoms with van der Waals surface area (Å²) >= 11 is 0. The van der Waals surface area contributed by atoms with E-state index in [-0.39, 0.29) is 30.0 Å². The summed E-state index contributed by atoms with van der Waals surface area (Å²) in [6.45, 7) is 0.686. The van der Waals surface area contributed by atoms with Gasteiger partial charge in [-0.15, -0.1) is 0 Å². The minimum absolute atomic E-state index is 0.0269. The lowest BCUT2D eigenvalue weighted by Gasteiger charge is -2.21. The van der Waals surface area contributed by atoms with Gasteiger partial charge in [0.15, 0.2) is 0 Å². The summed E-state index contributed by atoms with van der Waals surface area (Å²) in [6.07, 6.45) is 0.258. The first kappa shape index (κ1) is 18.8. The van der Waals surface area contributed by atoms with Gasteiger partial charge >= 0.3 is 0 Å². The monoisotopic (exact) mass is 376 g/mol. The molecule has 0 saturated carbocycles. The number of sulfonamides is 1. The number of ether oxygens (including phenoxy) is 1. The van der Waals surface area contributed by atoms with Crippen LogP contribution < -0.4 is 5.32 Å². The fourth-order valence-electron chi connectivity index (χ4n) is 3.13. The Morgan fingerprint density at radius 1 is 1.15 bits per heavy atom. The summed E-state index contributed by atoms with van der Waals surface area (Å²) in [4.78, 5) is 12.4. The van der Waals surface area contributed by atoms with Crippen LogP contribution in [0.25, 0.3) is 10.8 Å². The van der Waals surface area contributed by atoms with Crippen LogP contribution in [0.3, 0.4) is 0 Å². The molecule has 2 aromatic rings. The van der Waals surface area contributed by atoms with E-state index in [2.05, 4.69) is 5.32 Å². The summed E-state index contributed by atoms with van der Waals surface area (Å²) < 4.78 is 30.8. The molecule has 0 aliphatic carbocycles. The van der Waals surface area contributed by atoms with E-state index in [9.17, 15) is 13.2 Å². The van der Waals surface area contributed by atoms with Crippen molar-refractivity contribution in [2.24, 2.45) is 5.92 Å². The molecule has 2 aromatic carbocycles. The molecule has 1 fully saturated rings. The minimum Gasteiger partial charge on any atom is -0.379 e. The van der Waals surface area contributed by atoms with Crippen molar-refractivity contribution in [3.05, 3.63) is 48.0 Å². The molecular formula is C19H24N2O4S. The molecule has 7 heteroatoms. The molecule has 1 amide bonds. The second-order valence-electron chi connectivity index (χ2n) is 6.89. The van der Waals surface area contributed by atoms with Crippen molar-refractivity contribution in [2.45, 2.75) is 12.5 Å². The Labute approximate surface area is 154 Å². The summed E-state index contributed by atoms with van der Waals surface area (Å²) in [7, 11) is -0.307. The number of benzene rings is 2. The van der Waals surface area contributed by atoms with Crippen molar-refractivity contribution in [3.8, 4) is 0 Å². The first-order valence-electron chi connectivity index (χ1n) is 8.60. The van der Waals surface area contributed by atoms with Gasteiger partial charge in [-0.25, -0.2) is 12.7 Å². The molecule has 0 aromatic heterocycles. The Morgan fingerprint density at radius 2 is 1.88 bits per heavy atom. The van der Waals surface area contributed by atoms with E-state index in [0.29, 0.717) is 13.2 Å². The third-order valence-corrected chi connectivity index (χ3v) is 6.67. The quantitative estimate of drug-likeness (QED) is 0.827. The maximum atomic E-state index is 12.4. The summed E-state index contributed by atoms with van der Waals surface area (Å²) in [5.74, 6) is -0.382. The zero-order chi connectivity index (χ0) is 18.7. The van der Waals surface area contributed by atoms with Gasteiger partial charge in [0.2, 0.25) is 15.9 Å². The van der Waals surface area contributed by atoms with Crippen molar-refractivity contribution in [1.82, 2.24) is 9.62 Å². The van der Waals surface area contributed by atoms with Crippen LogP contribution in [0.15, 0.2) is 42.5 Å². The van der Waals surface area contributed by atoms with E-state index < -0.39 is 10.0 Å². The highest BCUT2D eigenvalue weighted by Crippen LogP contribution is 2.19. The highest BCUT2D eigenvalue weighted by molar-refractivity contribution is 7.89. The molecule has 1 heterocycles. The van der Waals surface area contributed by atoms with Crippen LogP contribution in [0.1, 0.15) is 5.56 Å². The third-order valence-electron chi connectivity index (χ3n) is 4.70. The van der Waals surface area contributed by atoms with Crippen molar-refractivity contribution in [2.75, 3.05) is 33.1 Å². The first-order chi connectivity index (χ1) is 12.3. The average Bonchev–Trinajstić information content (AvgIpc) is 3.00. The fraction of sp³-hybridized carbons (Fsp3) is 0.421. The molecule has 1 aliphatic heterocycles. The molecular weight excluding hydrogens is 352 g/mol. The Bertz CT molecular complexity index is 895. The largest absolute Gasteiger partial charge is 0.379 e. The Balaban J connectivity index is 1.63. The predicted octanol–water partition coefficient (Wildman–Crippen LogP) is 1.40. The van der Waals surface area contributed by atoms with Crippen LogP contribution in [0, 0.1) is 5.92 Å².